The Morgan fingerprint density at radius 3 is 2.15 bits per heavy atom. The summed E-state index contributed by atoms with van der Waals surface area (Å²) in [7, 11) is -4.00. The lowest BCUT2D eigenvalue weighted by molar-refractivity contribution is -0.154. The Bertz CT molecular complexity index is 863. The van der Waals surface area contributed by atoms with Crippen molar-refractivity contribution in [3.05, 3.63) is 66.2 Å². The summed E-state index contributed by atoms with van der Waals surface area (Å²) in [5.41, 5.74) is 0.595. The molecule has 0 saturated carbocycles. The highest BCUT2D eigenvalue weighted by atomic mass is 32.2. The SMILES string of the molecule is CCOC(=O)[C@@H](O)[C@@H](C)/C(=N/S(=O)(=O)c1ccccc1)c1ccccc1. The molecule has 6 nitrogen and oxygen atoms in total. The van der Waals surface area contributed by atoms with Gasteiger partial charge in [0.25, 0.3) is 10.0 Å². The molecule has 0 fully saturated rings. The van der Waals surface area contributed by atoms with Gasteiger partial charge >= 0.3 is 5.97 Å². The van der Waals surface area contributed by atoms with Crippen LogP contribution < -0.4 is 0 Å². The number of esters is 1. The van der Waals surface area contributed by atoms with Crippen LogP contribution in [-0.4, -0.2) is 37.9 Å². The zero-order valence-corrected chi connectivity index (χ0v) is 15.4. The fourth-order valence-electron chi connectivity index (χ4n) is 2.36. The first kappa shape index (κ1) is 19.8. The van der Waals surface area contributed by atoms with E-state index in [1.54, 1.807) is 55.5 Å². The lowest BCUT2D eigenvalue weighted by Crippen LogP contribution is -2.35. The van der Waals surface area contributed by atoms with Gasteiger partial charge in [-0.3, -0.25) is 0 Å². The van der Waals surface area contributed by atoms with Crippen LogP contribution in [0, 0.1) is 5.92 Å². The minimum Gasteiger partial charge on any atom is -0.464 e. The second kappa shape index (κ2) is 8.73. The molecule has 26 heavy (non-hydrogen) atoms. The monoisotopic (exact) mass is 375 g/mol. The molecule has 0 spiro atoms. The Labute approximate surface area is 153 Å². The van der Waals surface area contributed by atoms with Crippen molar-refractivity contribution in [3.63, 3.8) is 0 Å². The molecule has 2 atom stereocenters. The van der Waals surface area contributed by atoms with Crippen LogP contribution in [0.15, 0.2) is 70.0 Å². The molecule has 2 aromatic rings. The number of hydrogen-bond donors (Lipinski definition) is 1. The molecule has 0 heterocycles. The van der Waals surface area contributed by atoms with Crippen LogP contribution in [0.3, 0.4) is 0 Å². The van der Waals surface area contributed by atoms with E-state index in [9.17, 15) is 18.3 Å². The van der Waals surface area contributed by atoms with Crippen LogP contribution in [0.25, 0.3) is 0 Å². The summed E-state index contributed by atoms with van der Waals surface area (Å²) in [6.07, 6.45) is -1.53. The maximum absolute atomic E-state index is 12.7. The fourth-order valence-corrected chi connectivity index (χ4v) is 3.50. The van der Waals surface area contributed by atoms with Crippen molar-refractivity contribution >= 4 is 21.7 Å². The summed E-state index contributed by atoms with van der Waals surface area (Å²) >= 11 is 0. The van der Waals surface area contributed by atoms with Crippen molar-refractivity contribution in [3.8, 4) is 0 Å². The van der Waals surface area contributed by atoms with Gasteiger partial charge in [-0.25, -0.2) is 4.79 Å². The Balaban J connectivity index is 2.50. The van der Waals surface area contributed by atoms with Crippen molar-refractivity contribution in [2.75, 3.05) is 6.61 Å². The number of rotatable bonds is 7. The molecule has 0 bridgehead atoms. The lowest BCUT2D eigenvalue weighted by atomic mass is 9.93. The van der Waals surface area contributed by atoms with E-state index in [2.05, 4.69) is 4.40 Å². The minimum absolute atomic E-state index is 0.0336. The molecule has 0 aliphatic heterocycles. The van der Waals surface area contributed by atoms with Crippen molar-refractivity contribution in [2.24, 2.45) is 10.3 Å². The van der Waals surface area contributed by atoms with E-state index in [1.165, 1.54) is 19.1 Å². The van der Waals surface area contributed by atoms with Gasteiger partial charge in [0, 0.05) is 5.92 Å². The van der Waals surface area contributed by atoms with E-state index < -0.39 is 28.0 Å². The number of carbonyl (C=O) groups excluding carboxylic acids is 1. The standard InChI is InChI=1S/C19H21NO5S/c1-3-25-19(22)18(21)14(2)17(15-10-6-4-7-11-15)20-26(23,24)16-12-8-5-9-13-16/h4-14,18,21H,3H2,1-2H3/b20-17-/t14-,18-/m0/s1. The fraction of sp³-hybridized carbons (Fsp3) is 0.263. The van der Waals surface area contributed by atoms with Crippen LogP contribution in [0.2, 0.25) is 0 Å². The van der Waals surface area contributed by atoms with Gasteiger partial charge < -0.3 is 9.84 Å². The predicted octanol–water partition coefficient (Wildman–Crippen LogP) is 2.42. The Kier molecular flexibility index (Phi) is 6.65. The quantitative estimate of drug-likeness (QED) is 0.593. The van der Waals surface area contributed by atoms with Gasteiger partial charge in [-0.05, 0) is 24.6 Å². The van der Waals surface area contributed by atoms with Gasteiger partial charge in [0.2, 0.25) is 0 Å². The molecule has 0 radical (unpaired) electrons. The minimum atomic E-state index is -4.00. The summed E-state index contributed by atoms with van der Waals surface area (Å²) < 4.78 is 34.1. The summed E-state index contributed by atoms with van der Waals surface area (Å²) in [5.74, 6) is -1.70. The van der Waals surface area contributed by atoms with Crippen molar-refractivity contribution < 1.29 is 23.1 Å². The predicted molar refractivity (Wildman–Crippen MR) is 98.4 cm³/mol. The lowest BCUT2D eigenvalue weighted by Gasteiger charge is -2.19. The number of nitrogens with zero attached hydrogens (tertiary/aromatic N) is 1. The van der Waals surface area contributed by atoms with E-state index in [0.29, 0.717) is 5.56 Å². The smallest absolute Gasteiger partial charge is 0.335 e. The molecule has 0 aliphatic rings. The topological polar surface area (TPSA) is 93.0 Å². The molecule has 2 aromatic carbocycles. The van der Waals surface area contributed by atoms with Crippen LogP contribution >= 0.6 is 0 Å². The van der Waals surface area contributed by atoms with E-state index in [1.807, 2.05) is 0 Å². The molecule has 0 unspecified atom stereocenters. The largest absolute Gasteiger partial charge is 0.464 e. The molecule has 0 aromatic heterocycles. The first-order chi connectivity index (χ1) is 12.4. The van der Waals surface area contributed by atoms with Crippen molar-refractivity contribution in [2.45, 2.75) is 24.8 Å². The van der Waals surface area contributed by atoms with Gasteiger partial charge in [-0.15, -0.1) is 0 Å². The molecule has 138 valence electrons. The second-order valence-electron chi connectivity index (χ2n) is 5.62. The second-order valence-corrected chi connectivity index (χ2v) is 7.22. The van der Waals surface area contributed by atoms with Gasteiger partial charge in [0.05, 0.1) is 17.2 Å². The van der Waals surface area contributed by atoms with Crippen LogP contribution in [0.5, 0.6) is 0 Å². The summed E-state index contributed by atoms with van der Waals surface area (Å²) in [6.45, 7) is 3.28. The number of benzene rings is 2. The third kappa shape index (κ3) is 4.77. The van der Waals surface area contributed by atoms with E-state index >= 15 is 0 Å². The van der Waals surface area contributed by atoms with E-state index in [0.717, 1.165) is 0 Å². The van der Waals surface area contributed by atoms with Gasteiger partial charge in [-0.1, -0.05) is 55.5 Å². The summed E-state index contributed by atoms with van der Waals surface area (Å²) in [4.78, 5) is 11.9. The van der Waals surface area contributed by atoms with E-state index in [-0.39, 0.29) is 17.2 Å². The zero-order valence-electron chi connectivity index (χ0n) is 14.6. The first-order valence-corrected chi connectivity index (χ1v) is 9.61. The molecule has 2 rings (SSSR count). The van der Waals surface area contributed by atoms with Gasteiger partial charge in [-0.2, -0.15) is 12.8 Å². The van der Waals surface area contributed by atoms with Crippen LogP contribution in [0.1, 0.15) is 19.4 Å². The molecule has 1 N–H and O–H groups in total. The number of carbonyl (C=O) groups is 1. The van der Waals surface area contributed by atoms with E-state index in [4.69, 9.17) is 4.74 Å². The van der Waals surface area contributed by atoms with Crippen LogP contribution in [0.4, 0.5) is 0 Å². The number of aliphatic hydroxyl groups is 1. The third-order valence-corrected chi connectivity index (χ3v) is 5.07. The summed E-state index contributed by atoms with van der Waals surface area (Å²) in [6, 6.07) is 16.4. The molecule has 7 heteroatoms. The van der Waals surface area contributed by atoms with Gasteiger partial charge in [0.1, 0.15) is 0 Å². The molecular formula is C19H21NO5S. The number of sulfonamides is 1. The van der Waals surface area contributed by atoms with Crippen LogP contribution in [-0.2, 0) is 19.6 Å². The van der Waals surface area contributed by atoms with Gasteiger partial charge in [0.15, 0.2) is 6.10 Å². The van der Waals surface area contributed by atoms with Crippen molar-refractivity contribution in [1.82, 2.24) is 0 Å². The molecule has 0 amide bonds. The highest BCUT2D eigenvalue weighted by molar-refractivity contribution is 7.90. The normalized spacial score (nSPS) is 14.5. The average molecular weight is 375 g/mol. The average Bonchev–Trinajstić information content (AvgIpc) is 2.66. The van der Waals surface area contributed by atoms with Crippen molar-refractivity contribution in [1.29, 1.82) is 0 Å². The number of ether oxygens (including phenoxy) is 1. The summed E-state index contributed by atoms with van der Waals surface area (Å²) in [5, 5.41) is 10.3. The third-order valence-electron chi connectivity index (χ3n) is 3.76. The molecular weight excluding hydrogens is 354 g/mol. The Morgan fingerprint density at radius 1 is 1.08 bits per heavy atom. The zero-order chi connectivity index (χ0) is 19.2. The molecule has 0 saturated heterocycles. The molecule has 0 aliphatic carbocycles. The maximum Gasteiger partial charge on any atom is 0.335 e. The Hall–Kier alpha value is -2.51. The highest BCUT2D eigenvalue weighted by Crippen LogP contribution is 2.20. The number of aliphatic hydroxyl groups excluding tert-OH is 1. The highest BCUT2D eigenvalue weighted by Gasteiger charge is 2.30. The number of hydrogen-bond acceptors (Lipinski definition) is 5. The Morgan fingerprint density at radius 2 is 1.62 bits per heavy atom. The maximum atomic E-state index is 12.7. The first-order valence-electron chi connectivity index (χ1n) is 8.17.